The van der Waals surface area contributed by atoms with E-state index in [-0.39, 0.29) is 5.41 Å². The number of anilines is 3. The molecule has 13 rings (SSSR count). The molecular weight excluding hydrogens is 590 g/mol. The molecule has 0 N–H and O–H groups in total. The molecule has 4 atom stereocenters. The first-order chi connectivity index (χ1) is 23.7. The standard InChI is InChI=1S/C43H29N3O2/c1-2-4-34-28(3-1)30-18-25(6-9-35(30)43(34)40-16-23-15-24-17-41(43)42(23,24)40)46(26-7-10-36-31(19-26)33-22-45-14-12-38(33)47-36)27-5-8-29-32-21-44-13-11-37(32)48-39(29)20-27/h1-14,18-24,40-41H,15-17H2. The Morgan fingerprint density at radius 3 is 2.00 bits per heavy atom. The maximum atomic E-state index is 6.38. The van der Waals surface area contributed by atoms with Crippen LogP contribution in [0.3, 0.4) is 0 Å². The average Bonchev–Trinajstić information content (AvgIpc) is 3.75. The van der Waals surface area contributed by atoms with Crippen molar-refractivity contribution in [1.29, 1.82) is 0 Å². The maximum absolute atomic E-state index is 6.38. The Balaban J connectivity index is 1.03. The summed E-state index contributed by atoms with van der Waals surface area (Å²) in [5.41, 5.74) is 13.5. The van der Waals surface area contributed by atoms with Gasteiger partial charge >= 0.3 is 0 Å². The molecule has 4 saturated carbocycles. The molecular formula is C43H29N3O2. The van der Waals surface area contributed by atoms with Gasteiger partial charge in [-0.15, -0.1) is 0 Å². The molecule has 4 unspecified atom stereocenters. The molecule has 228 valence electrons. The SMILES string of the molecule is c1ccc2c(c1)-c1cc(N(c3ccc4c(c3)oc3ccncc34)c3ccc4oc5ccncc5c4c3)ccc1C21C2CC3CC4CC1C342. The van der Waals surface area contributed by atoms with Crippen LogP contribution in [0.4, 0.5) is 17.1 Å². The lowest BCUT2D eigenvalue weighted by Gasteiger charge is -2.92. The van der Waals surface area contributed by atoms with Gasteiger partial charge in [0.2, 0.25) is 0 Å². The van der Waals surface area contributed by atoms with Crippen molar-refractivity contribution in [2.24, 2.45) is 29.1 Å². The molecule has 0 saturated heterocycles. The summed E-state index contributed by atoms with van der Waals surface area (Å²) in [4.78, 5) is 11.2. The summed E-state index contributed by atoms with van der Waals surface area (Å²) in [5, 5.41) is 4.18. The van der Waals surface area contributed by atoms with E-state index in [2.05, 4.69) is 93.7 Å². The first-order valence-corrected chi connectivity index (χ1v) is 17.3. The predicted octanol–water partition coefficient (Wildman–Crippen LogP) is 10.7. The van der Waals surface area contributed by atoms with Gasteiger partial charge in [-0.05, 0) is 125 Å². The highest BCUT2D eigenvalue weighted by Crippen LogP contribution is 2.94. The van der Waals surface area contributed by atoms with E-state index >= 15 is 0 Å². The smallest absolute Gasteiger partial charge is 0.138 e. The number of furan rings is 2. The molecule has 5 aliphatic carbocycles. The summed E-state index contributed by atoms with van der Waals surface area (Å²) in [6.07, 6.45) is 11.7. The van der Waals surface area contributed by atoms with E-state index < -0.39 is 0 Å². The monoisotopic (exact) mass is 619 g/mol. The highest BCUT2D eigenvalue weighted by Gasteiger charge is 2.90. The van der Waals surface area contributed by atoms with Crippen LogP contribution in [-0.2, 0) is 5.41 Å². The van der Waals surface area contributed by atoms with Crippen molar-refractivity contribution >= 4 is 60.9 Å². The van der Waals surface area contributed by atoms with Crippen LogP contribution in [0.25, 0.3) is 55.0 Å². The summed E-state index contributed by atoms with van der Waals surface area (Å²) < 4.78 is 12.6. The lowest BCUT2D eigenvalue weighted by molar-refractivity contribution is -0.412. The van der Waals surface area contributed by atoms with Crippen molar-refractivity contribution in [3.8, 4) is 11.1 Å². The normalized spacial score (nSPS) is 28.3. The Morgan fingerprint density at radius 2 is 1.19 bits per heavy atom. The van der Waals surface area contributed by atoms with Crippen molar-refractivity contribution in [2.75, 3.05) is 4.90 Å². The fraction of sp³-hybridized carbons (Fsp3) is 0.209. The molecule has 48 heavy (non-hydrogen) atoms. The largest absolute Gasteiger partial charge is 0.456 e. The number of benzene rings is 4. The highest BCUT2D eigenvalue weighted by atomic mass is 16.3. The number of hydrogen-bond acceptors (Lipinski definition) is 5. The molecule has 4 heterocycles. The number of rotatable bonds is 3. The fourth-order valence-corrected chi connectivity index (χ4v) is 12.0. The Morgan fingerprint density at radius 1 is 0.542 bits per heavy atom. The van der Waals surface area contributed by atoms with Crippen molar-refractivity contribution in [3.63, 3.8) is 0 Å². The summed E-state index contributed by atoms with van der Waals surface area (Å²) >= 11 is 0. The zero-order valence-corrected chi connectivity index (χ0v) is 26.1. The first kappa shape index (κ1) is 24.7. The molecule has 4 fully saturated rings. The van der Waals surface area contributed by atoms with Gasteiger partial charge in [-0.1, -0.05) is 30.3 Å². The van der Waals surface area contributed by atoms with Crippen molar-refractivity contribution < 1.29 is 8.83 Å². The zero-order valence-electron chi connectivity index (χ0n) is 26.1. The number of aromatic nitrogens is 2. The third-order valence-corrected chi connectivity index (χ3v) is 13.7. The van der Waals surface area contributed by atoms with E-state index in [1.165, 1.54) is 30.4 Å². The number of hydrogen-bond donors (Lipinski definition) is 0. The van der Waals surface area contributed by atoms with Gasteiger partial charge < -0.3 is 13.7 Å². The van der Waals surface area contributed by atoms with Gasteiger partial charge in [0, 0.05) is 74.9 Å². The zero-order chi connectivity index (χ0) is 30.9. The third-order valence-electron chi connectivity index (χ3n) is 13.7. The molecule has 5 nitrogen and oxygen atoms in total. The number of fused-ring (bicyclic) bond motifs is 13. The minimum Gasteiger partial charge on any atom is -0.456 e. The van der Waals surface area contributed by atoms with E-state index in [0.717, 1.165) is 84.6 Å². The van der Waals surface area contributed by atoms with Crippen LogP contribution in [0.2, 0.25) is 0 Å². The Labute approximate surface area is 275 Å². The second kappa shape index (κ2) is 7.99. The van der Waals surface area contributed by atoms with Crippen LogP contribution in [0, 0.1) is 29.1 Å². The molecule has 0 radical (unpaired) electrons. The van der Waals surface area contributed by atoms with E-state index in [1.807, 2.05) is 24.5 Å². The molecule has 0 bridgehead atoms. The quantitative estimate of drug-likeness (QED) is 0.197. The molecule has 5 heteroatoms. The molecule has 0 amide bonds. The van der Waals surface area contributed by atoms with Gasteiger partial charge in [0.15, 0.2) is 0 Å². The maximum Gasteiger partial charge on any atom is 0.138 e. The van der Waals surface area contributed by atoms with Crippen molar-refractivity contribution in [1.82, 2.24) is 9.97 Å². The van der Waals surface area contributed by atoms with Crippen LogP contribution in [0.1, 0.15) is 30.4 Å². The Kier molecular flexibility index (Phi) is 4.11. The minimum atomic E-state index is 0.200. The van der Waals surface area contributed by atoms with Crippen LogP contribution >= 0.6 is 0 Å². The topological polar surface area (TPSA) is 55.3 Å². The first-order valence-electron chi connectivity index (χ1n) is 17.3. The Bertz CT molecular complexity index is 2710. The third kappa shape index (κ3) is 2.53. The second-order valence-electron chi connectivity index (χ2n) is 15.0. The van der Waals surface area contributed by atoms with Crippen LogP contribution in [-0.4, -0.2) is 9.97 Å². The summed E-state index contributed by atoms with van der Waals surface area (Å²) in [5.74, 6) is 3.62. The van der Waals surface area contributed by atoms with Crippen LogP contribution < -0.4 is 4.90 Å². The molecule has 8 aromatic rings. The van der Waals surface area contributed by atoms with Gasteiger partial charge in [0.05, 0.1) is 0 Å². The fourth-order valence-electron chi connectivity index (χ4n) is 12.0. The molecule has 2 spiro atoms. The second-order valence-corrected chi connectivity index (χ2v) is 15.0. The van der Waals surface area contributed by atoms with E-state index in [4.69, 9.17) is 8.83 Å². The van der Waals surface area contributed by atoms with E-state index in [0.29, 0.717) is 5.41 Å². The van der Waals surface area contributed by atoms with Crippen molar-refractivity contribution in [3.05, 3.63) is 127 Å². The molecule has 5 aliphatic rings. The predicted molar refractivity (Wildman–Crippen MR) is 188 cm³/mol. The average molecular weight is 620 g/mol. The van der Waals surface area contributed by atoms with Gasteiger partial charge in [-0.2, -0.15) is 0 Å². The van der Waals surface area contributed by atoms with Gasteiger partial charge in [0.1, 0.15) is 22.3 Å². The van der Waals surface area contributed by atoms with Crippen LogP contribution in [0.15, 0.2) is 125 Å². The van der Waals surface area contributed by atoms with Crippen LogP contribution in [0.5, 0.6) is 0 Å². The highest BCUT2D eigenvalue weighted by molar-refractivity contribution is 6.08. The van der Waals surface area contributed by atoms with Gasteiger partial charge in [0.25, 0.3) is 0 Å². The Hall–Kier alpha value is -5.42. The van der Waals surface area contributed by atoms with Crippen molar-refractivity contribution in [2.45, 2.75) is 24.7 Å². The van der Waals surface area contributed by atoms with Gasteiger partial charge in [-0.3, -0.25) is 9.97 Å². The number of nitrogens with zero attached hydrogens (tertiary/aromatic N) is 3. The summed E-state index contributed by atoms with van der Waals surface area (Å²) in [6, 6.07) is 33.6. The molecule has 4 aromatic heterocycles. The molecule has 4 aromatic carbocycles. The number of pyridine rings is 2. The lowest BCUT2D eigenvalue weighted by atomic mass is 9.11. The summed E-state index contributed by atoms with van der Waals surface area (Å²) in [7, 11) is 0. The molecule has 0 aliphatic heterocycles. The van der Waals surface area contributed by atoms with E-state index in [9.17, 15) is 0 Å². The van der Waals surface area contributed by atoms with Gasteiger partial charge in [-0.25, -0.2) is 0 Å². The minimum absolute atomic E-state index is 0.200. The lowest BCUT2D eigenvalue weighted by Crippen LogP contribution is -2.88. The van der Waals surface area contributed by atoms with E-state index in [1.54, 1.807) is 23.5 Å². The summed E-state index contributed by atoms with van der Waals surface area (Å²) in [6.45, 7) is 0.